The van der Waals surface area contributed by atoms with Gasteiger partial charge in [-0.1, -0.05) is 50.2 Å². The van der Waals surface area contributed by atoms with E-state index in [0.717, 1.165) is 24.0 Å². The molecular formula is C20H25NO3S. The van der Waals surface area contributed by atoms with Crippen molar-refractivity contribution < 1.29 is 13.2 Å². The molecule has 0 aromatic heterocycles. The summed E-state index contributed by atoms with van der Waals surface area (Å²) in [6.45, 7) is 4.09. The molecule has 0 bridgehead atoms. The van der Waals surface area contributed by atoms with Crippen LogP contribution in [0.4, 0.5) is 0 Å². The van der Waals surface area contributed by atoms with E-state index < -0.39 is 9.84 Å². The van der Waals surface area contributed by atoms with Gasteiger partial charge in [0, 0.05) is 6.26 Å². The molecule has 134 valence electrons. The number of benzene rings is 2. The van der Waals surface area contributed by atoms with Crippen LogP contribution in [0.5, 0.6) is 0 Å². The third-order valence-corrected chi connectivity index (χ3v) is 5.38. The summed E-state index contributed by atoms with van der Waals surface area (Å²) in [4.78, 5) is 12.6. The second-order valence-corrected chi connectivity index (χ2v) is 8.23. The van der Waals surface area contributed by atoms with Crippen LogP contribution in [0.2, 0.25) is 0 Å². The summed E-state index contributed by atoms with van der Waals surface area (Å²) in [6.07, 6.45) is 3.24. The van der Waals surface area contributed by atoms with Crippen molar-refractivity contribution in [1.29, 1.82) is 0 Å². The highest BCUT2D eigenvalue weighted by atomic mass is 32.2. The Morgan fingerprint density at radius 3 is 2.00 bits per heavy atom. The van der Waals surface area contributed by atoms with Crippen LogP contribution in [0.15, 0.2) is 53.4 Å². The second-order valence-electron chi connectivity index (χ2n) is 6.22. The molecule has 5 heteroatoms. The number of carbonyl (C=O) groups excluding carboxylic acids is 1. The molecule has 4 nitrogen and oxygen atoms in total. The maximum absolute atomic E-state index is 12.3. The first-order valence-electron chi connectivity index (χ1n) is 8.50. The summed E-state index contributed by atoms with van der Waals surface area (Å²) in [6, 6.07) is 14.6. The van der Waals surface area contributed by atoms with Gasteiger partial charge in [-0.05, 0) is 41.7 Å². The first-order chi connectivity index (χ1) is 11.8. The monoisotopic (exact) mass is 359 g/mol. The molecule has 0 radical (unpaired) electrons. The number of nitrogens with one attached hydrogen (secondary N) is 1. The normalized spacial score (nSPS) is 12.6. The lowest BCUT2D eigenvalue weighted by Gasteiger charge is -2.18. The fourth-order valence-corrected chi connectivity index (χ4v) is 3.32. The molecule has 0 unspecified atom stereocenters. The highest BCUT2D eigenvalue weighted by Crippen LogP contribution is 2.19. The van der Waals surface area contributed by atoms with Crippen molar-refractivity contribution in [3.05, 3.63) is 65.2 Å². The van der Waals surface area contributed by atoms with Gasteiger partial charge in [-0.15, -0.1) is 0 Å². The first kappa shape index (κ1) is 19.2. The molecule has 0 aliphatic carbocycles. The highest BCUT2D eigenvalue weighted by Gasteiger charge is 2.14. The van der Waals surface area contributed by atoms with Crippen LogP contribution >= 0.6 is 0 Å². The quantitative estimate of drug-likeness (QED) is 0.823. The number of amides is 1. The number of hydrogen-bond acceptors (Lipinski definition) is 3. The van der Waals surface area contributed by atoms with Gasteiger partial charge in [-0.2, -0.15) is 0 Å². The van der Waals surface area contributed by atoms with E-state index in [1.807, 2.05) is 31.2 Å². The van der Waals surface area contributed by atoms with Gasteiger partial charge >= 0.3 is 0 Å². The zero-order chi connectivity index (χ0) is 18.4. The zero-order valence-corrected chi connectivity index (χ0v) is 15.8. The summed E-state index contributed by atoms with van der Waals surface area (Å²) in [5, 5.41) is 3.03. The van der Waals surface area contributed by atoms with Gasteiger partial charge in [0.2, 0.25) is 5.91 Å². The molecule has 1 N–H and O–H groups in total. The molecular weight excluding hydrogens is 334 g/mol. The molecule has 2 aromatic carbocycles. The summed E-state index contributed by atoms with van der Waals surface area (Å²) in [5.74, 6) is -0.0386. The number of aryl methyl sites for hydroxylation is 1. The van der Waals surface area contributed by atoms with Crippen LogP contribution in [0.25, 0.3) is 0 Å². The van der Waals surface area contributed by atoms with E-state index in [2.05, 4.69) is 12.2 Å². The van der Waals surface area contributed by atoms with Gasteiger partial charge in [0.05, 0.1) is 17.4 Å². The molecule has 25 heavy (non-hydrogen) atoms. The first-order valence-corrected chi connectivity index (χ1v) is 10.4. The Morgan fingerprint density at radius 1 is 0.960 bits per heavy atom. The second kappa shape index (κ2) is 8.30. The standard InChI is InChI=1S/C20H25NO3S/c1-4-15-6-8-16(9-7-15)14-20(22)21-19(5-2)17-10-12-18(13-11-17)25(3,23)24/h6-13,19H,4-5,14H2,1-3H3,(H,21,22)/t19-/m0/s1. The Hall–Kier alpha value is -2.14. The van der Waals surface area contributed by atoms with Crippen LogP contribution in [0.3, 0.4) is 0 Å². The summed E-state index contributed by atoms with van der Waals surface area (Å²) in [7, 11) is -3.21. The Morgan fingerprint density at radius 2 is 1.52 bits per heavy atom. The van der Waals surface area contributed by atoms with E-state index in [0.29, 0.717) is 6.42 Å². The maximum Gasteiger partial charge on any atom is 0.224 e. The van der Waals surface area contributed by atoms with Gasteiger partial charge < -0.3 is 5.32 Å². The van der Waals surface area contributed by atoms with Crippen molar-refractivity contribution in [2.45, 2.75) is 44.0 Å². The summed E-state index contributed by atoms with van der Waals surface area (Å²) < 4.78 is 23.1. The average Bonchev–Trinajstić information content (AvgIpc) is 2.59. The molecule has 0 saturated heterocycles. The number of rotatable bonds is 7. The predicted molar refractivity (Wildman–Crippen MR) is 100 cm³/mol. The predicted octanol–water partition coefficient (Wildman–Crippen LogP) is 3.46. The van der Waals surface area contributed by atoms with Crippen molar-refractivity contribution >= 4 is 15.7 Å². The van der Waals surface area contributed by atoms with Gasteiger partial charge in [0.25, 0.3) is 0 Å². The SMILES string of the molecule is CCc1ccc(CC(=O)N[C@@H](CC)c2ccc(S(C)(=O)=O)cc2)cc1. The van der Waals surface area contributed by atoms with Crippen molar-refractivity contribution in [1.82, 2.24) is 5.32 Å². The van der Waals surface area contributed by atoms with Crippen molar-refractivity contribution in [2.75, 3.05) is 6.26 Å². The lowest BCUT2D eigenvalue weighted by molar-refractivity contribution is -0.121. The highest BCUT2D eigenvalue weighted by molar-refractivity contribution is 7.90. The van der Waals surface area contributed by atoms with Crippen LogP contribution < -0.4 is 5.32 Å². The van der Waals surface area contributed by atoms with E-state index >= 15 is 0 Å². The van der Waals surface area contributed by atoms with Gasteiger partial charge in [0.1, 0.15) is 0 Å². The molecule has 0 fully saturated rings. The van der Waals surface area contributed by atoms with E-state index in [9.17, 15) is 13.2 Å². The Labute approximate surface area is 150 Å². The smallest absolute Gasteiger partial charge is 0.224 e. The molecule has 0 aliphatic heterocycles. The Kier molecular flexibility index (Phi) is 6.37. The van der Waals surface area contributed by atoms with Crippen LogP contribution in [-0.4, -0.2) is 20.6 Å². The Balaban J connectivity index is 2.03. The van der Waals surface area contributed by atoms with Crippen LogP contribution in [-0.2, 0) is 27.5 Å². The van der Waals surface area contributed by atoms with E-state index in [1.165, 1.54) is 11.8 Å². The van der Waals surface area contributed by atoms with E-state index in [1.54, 1.807) is 24.3 Å². The lowest BCUT2D eigenvalue weighted by atomic mass is 10.0. The summed E-state index contributed by atoms with van der Waals surface area (Å²) >= 11 is 0. The molecule has 0 spiro atoms. The van der Waals surface area contributed by atoms with Gasteiger partial charge in [0.15, 0.2) is 9.84 Å². The molecule has 0 heterocycles. The molecule has 2 rings (SSSR count). The minimum absolute atomic E-state index is 0.0386. The molecule has 0 saturated carbocycles. The largest absolute Gasteiger partial charge is 0.349 e. The van der Waals surface area contributed by atoms with Crippen molar-refractivity contribution in [2.24, 2.45) is 0 Å². The summed E-state index contributed by atoms with van der Waals surface area (Å²) in [5.41, 5.74) is 3.14. The molecule has 2 aromatic rings. The minimum Gasteiger partial charge on any atom is -0.349 e. The van der Waals surface area contributed by atoms with E-state index in [-0.39, 0.29) is 16.8 Å². The molecule has 1 atom stereocenters. The fourth-order valence-electron chi connectivity index (χ4n) is 2.69. The minimum atomic E-state index is -3.21. The molecule has 1 amide bonds. The van der Waals surface area contributed by atoms with E-state index in [4.69, 9.17) is 0 Å². The number of sulfone groups is 1. The number of carbonyl (C=O) groups is 1. The third-order valence-electron chi connectivity index (χ3n) is 4.25. The van der Waals surface area contributed by atoms with Crippen LogP contribution in [0, 0.1) is 0 Å². The third kappa shape index (κ3) is 5.43. The maximum atomic E-state index is 12.3. The van der Waals surface area contributed by atoms with Crippen molar-refractivity contribution in [3.8, 4) is 0 Å². The molecule has 0 aliphatic rings. The lowest BCUT2D eigenvalue weighted by Crippen LogP contribution is -2.29. The van der Waals surface area contributed by atoms with Gasteiger partial charge in [-0.3, -0.25) is 4.79 Å². The number of hydrogen-bond donors (Lipinski definition) is 1. The van der Waals surface area contributed by atoms with Crippen LogP contribution in [0.1, 0.15) is 43.0 Å². The topological polar surface area (TPSA) is 63.2 Å². The Bertz CT molecular complexity index is 809. The van der Waals surface area contributed by atoms with Gasteiger partial charge in [-0.25, -0.2) is 8.42 Å². The fraction of sp³-hybridized carbons (Fsp3) is 0.350. The average molecular weight is 359 g/mol. The van der Waals surface area contributed by atoms with Crippen molar-refractivity contribution in [3.63, 3.8) is 0 Å². The zero-order valence-electron chi connectivity index (χ0n) is 15.0.